The summed E-state index contributed by atoms with van der Waals surface area (Å²) in [7, 11) is 0. The quantitative estimate of drug-likeness (QED) is 0.780. The molecule has 1 aromatic carbocycles. The number of rotatable bonds is 2. The van der Waals surface area contributed by atoms with Gasteiger partial charge in [-0.3, -0.25) is 19.3 Å². The summed E-state index contributed by atoms with van der Waals surface area (Å²) in [5.74, 6) is -0.857. The van der Waals surface area contributed by atoms with Crippen molar-refractivity contribution in [1.29, 1.82) is 0 Å². The molecule has 22 heavy (non-hydrogen) atoms. The second kappa shape index (κ2) is 5.36. The van der Waals surface area contributed by atoms with E-state index in [1.165, 1.54) is 4.90 Å². The van der Waals surface area contributed by atoms with Gasteiger partial charge in [0, 0.05) is 6.42 Å². The summed E-state index contributed by atoms with van der Waals surface area (Å²) >= 11 is 0. The van der Waals surface area contributed by atoms with Crippen LogP contribution >= 0.6 is 0 Å². The fourth-order valence-corrected chi connectivity index (χ4v) is 2.71. The summed E-state index contributed by atoms with van der Waals surface area (Å²) in [6, 6.07) is 6.08. The van der Waals surface area contributed by atoms with E-state index in [-0.39, 0.29) is 36.1 Å². The van der Waals surface area contributed by atoms with Crippen molar-refractivity contribution in [2.45, 2.75) is 38.8 Å². The van der Waals surface area contributed by atoms with Crippen LogP contribution in [0, 0.1) is 0 Å². The Morgan fingerprint density at radius 3 is 2.27 bits per heavy atom. The minimum absolute atomic E-state index is 0.153. The van der Waals surface area contributed by atoms with Gasteiger partial charge >= 0.3 is 0 Å². The second-order valence-corrected chi connectivity index (χ2v) is 5.59. The van der Waals surface area contributed by atoms with Crippen LogP contribution in [0.2, 0.25) is 0 Å². The molecule has 0 radical (unpaired) electrons. The zero-order valence-electron chi connectivity index (χ0n) is 12.4. The lowest BCUT2D eigenvalue weighted by molar-refractivity contribution is -0.118. The molecule has 114 valence electrons. The fraction of sp³-hybridized carbons (Fsp3) is 0.375. The molecular formula is C16H16N2O4. The molecule has 0 spiro atoms. The molecule has 0 aromatic heterocycles. The highest BCUT2D eigenvalue weighted by Crippen LogP contribution is 2.28. The van der Waals surface area contributed by atoms with Crippen LogP contribution in [0.25, 0.3) is 0 Å². The number of carbonyl (C=O) groups is 3. The Bertz CT molecular complexity index is 658. The number of amides is 3. The number of fused-ring (bicyclic) bond motifs is 1. The zero-order chi connectivity index (χ0) is 15.9. The fourth-order valence-electron chi connectivity index (χ4n) is 2.71. The van der Waals surface area contributed by atoms with Gasteiger partial charge in [0.15, 0.2) is 0 Å². The standard InChI is InChI=1S/C16H16N2O4/c1-9(2)22-14-12(7-8-13(19)17-14)18-15(20)10-5-3-4-6-11(10)16(18)21/h3-6,9,12H,7-8H2,1-2H3. The van der Waals surface area contributed by atoms with Gasteiger partial charge in [-0.05, 0) is 32.4 Å². The van der Waals surface area contributed by atoms with E-state index in [4.69, 9.17) is 4.74 Å². The minimum Gasteiger partial charge on any atom is -0.476 e. The monoisotopic (exact) mass is 300 g/mol. The van der Waals surface area contributed by atoms with Crippen LogP contribution < -0.4 is 0 Å². The molecule has 0 saturated carbocycles. The Balaban J connectivity index is 1.97. The average Bonchev–Trinajstić information content (AvgIpc) is 2.72. The molecule has 1 unspecified atom stereocenters. The first kappa shape index (κ1) is 14.4. The number of ether oxygens (including phenoxy) is 1. The minimum atomic E-state index is -0.618. The molecule has 0 fully saturated rings. The van der Waals surface area contributed by atoms with E-state index in [0.29, 0.717) is 17.5 Å². The Hall–Kier alpha value is -2.50. The zero-order valence-corrected chi connectivity index (χ0v) is 12.4. The third kappa shape index (κ3) is 2.30. The van der Waals surface area contributed by atoms with E-state index >= 15 is 0 Å². The third-order valence-electron chi connectivity index (χ3n) is 3.65. The maximum atomic E-state index is 12.5. The number of aliphatic imine (C=N–C) groups is 1. The molecule has 2 aliphatic rings. The molecule has 1 atom stereocenters. The predicted molar refractivity (Wildman–Crippen MR) is 78.6 cm³/mol. The van der Waals surface area contributed by atoms with Gasteiger partial charge in [-0.25, -0.2) is 0 Å². The normalized spacial score (nSPS) is 21.2. The van der Waals surface area contributed by atoms with Crippen LogP contribution in [0.5, 0.6) is 0 Å². The lowest BCUT2D eigenvalue weighted by Crippen LogP contribution is -2.48. The highest BCUT2D eigenvalue weighted by atomic mass is 16.5. The van der Waals surface area contributed by atoms with Crippen LogP contribution in [0.4, 0.5) is 0 Å². The Labute approximate surface area is 127 Å². The topological polar surface area (TPSA) is 76.0 Å². The molecule has 2 heterocycles. The first-order valence-corrected chi connectivity index (χ1v) is 7.24. The summed E-state index contributed by atoms with van der Waals surface area (Å²) in [5, 5.41) is 0. The summed E-state index contributed by atoms with van der Waals surface area (Å²) in [6.45, 7) is 3.61. The maximum Gasteiger partial charge on any atom is 0.262 e. The van der Waals surface area contributed by atoms with Gasteiger partial charge in [0.25, 0.3) is 11.8 Å². The molecule has 3 rings (SSSR count). The molecule has 0 bridgehead atoms. The molecule has 0 N–H and O–H groups in total. The number of hydrogen-bond donors (Lipinski definition) is 0. The van der Waals surface area contributed by atoms with Gasteiger partial charge < -0.3 is 4.74 Å². The van der Waals surface area contributed by atoms with Gasteiger partial charge in [-0.1, -0.05) is 12.1 Å². The Kier molecular flexibility index (Phi) is 3.52. The molecule has 1 aromatic rings. The van der Waals surface area contributed by atoms with Crippen molar-refractivity contribution in [1.82, 2.24) is 4.90 Å². The van der Waals surface area contributed by atoms with Crippen LogP contribution in [0.1, 0.15) is 47.4 Å². The Morgan fingerprint density at radius 1 is 1.14 bits per heavy atom. The lowest BCUT2D eigenvalue weighted by Gasteiger charge is -2.30. The highest BCUT2D eigenvalue weighted by Gasteiger charge is 2.43. The van der Waals surface area contributed by atoms with Crippen molar-refractivity contribution in [3.05, 3.63) is 35.4 Å². The SMILES string of the molecule is CC(C)OC1=NC(=O)CCC1N1C(=O)c2ccccc2C1=O. The second-order valence-electron chi connectivity index (χ2n) is 5.59. The van der Waals surface area contributed by atoms with Crippen molar-refractivity contribution in [2.24, 2.45) is 4.99 Å². The van der Waals surface area contributed by atoms with Gasteiger partial charge in [0.05, 0.1) is 17.2 Å². The number of nitrogens with zero attached hydrogens (tertiary/aromatic N) is 2. The third-order valence-corrected chi connectivity index (χ3v) is 3.65. The first-order chi connectivity index (χ1) is 10.5. The van der Waals surface area contributed by atoms with E-state index in [1.807, 2.05) is 0 Å². The van der Waals surface area contributed by atoms with Crippen molar-refractivity contribution >= 4 is 23.6 Å². The largest absolute Gasteiger partial charge is 0.476 e. The number of carbonyl (C=O) groups excluding carboxylic acids is 3. The summed E-state index contributed by atoms with van der Waals surface area (Å²) in [4.78, 5) is 41.7. The molecule has 3 amide bonds. The number of benzene rings is 1. The first-order valence-electron chi connectivity index (χ1n) is 7.24. The molecule has 0 aliphatic carbocycles. The Morgan fingerprint density at radius 2 is 1.73 bits per heavy atom. The smallest absolute Gasteiger partial charge is 0.262 e. The predicted octanol–water partition coefficient (Wildman–Crippen LogP) is 1.80. The molecule has 6 heteroatoms. The molecule has 6 nitrogen and oxygen atoms in total. The van der Waals surface area contributed by atoms with Crippen LogP contribution in [0.15, 0.2) is 29.3 Å². The van der Waals surface area contributed by atoms with Gasteiger partial charge in [0.2, 0.25) is 11.8 Å². The van der Waals surface area contributed by atoms with Crippen molar-refractivity contribution < 1.29 is 19.1 Å². The maximum absolute atomic E-state index is 12.5. The van der Waals surface area contributed by atoms with Gasteiger partial charge in [0.1, 0.15) is 6.04 Å². The van der Waals surface area contributed by atoms with E-state index < -0.39 is 6.04 Å². The van der Waals surface area contributed by atoms with Gasteiger partial charge in [-0.2, -0.15) is 4.99 Å². The van der Waals surface area contributed by atoms with E-state index in [2.05, 4.69) is 4.99 Å². The van der Waals surface area contributed by atoms with Gasteiger partial charge in [-0.15, -0.1) is 0 Å². The number of hydrogen-bond acceptors (Lipinski definition) is 4. The highest BCUT2D eigenvalue weighted by molar-refractivity contribution is 6.23. The van der Waals surface area contributed by atoms with E-state index in [0.717, 1.165) is 0 Å². The average molecular weight is 300 g/mol. The van der Waals surface area contributed by atoms with Crippen molar-refractivity contribution in [2.75, 3.05) is 0 Å². The van der Waals surface area contributed by atoms with E-state index in [1.54, 1.807) is 38.1 Å². The van der Waals surface area contributed by atoms with E-state index in [9.17, 15) is 14.4 Å². The van der Waals surface area contributed by atoms with Crippen molar-refractivity contribution in [3.63, 3.8) is 0 Å². The van der Waals surface area contributed by atoms with Crippen LogP contribution in [-0.2, 0) is 9.53 Å². The molecular weight excluding hydrogens is 284 g/mol. The summed E-state index contributed by atoms with van der Waals surface area (Å²) < 4.78 is 5.57. The summed E-state index contributed by atoms with van der Waals surface area (Å²) in [5.41, 5.74) is 0.765. The van der Waals surface area contributed by atoms with Crippen LogP contribution in [0.3, 0.4) is 0 Å². The molecule has 2 aliphatic heterocycles. The van der Waals surface area contributed by atoms with Crippen LogP contribution in [-0.4, -0.2) is 40.7 Å². The lowest BCUT2D eigenvalue weighted by atomic mass is 10.1. The molecule has 0 saturated heterocycles. The number of imide groups is 1. The van der Waals surface area contributed by atoms with Crippen molar-refractivity contribution in [3.8, 4) is 0 Å². The summed E-state index contributed by atoms with van der Waals surface area (Å²) in [6.07, 6.45) is 0.348.